The first-order chi connectivity index (χ1) is 17.3. The number of fused-ring (bicyclic) bond motifs is 3. The van der Waals surface area contributed by atoms with Crippen LogP contribution in [0.15, 0.2) is 97.5 Å². The third-order valence-electron chi connectivity index (χ3n) is 7.42. The van der Waals surface area contributed by atoms with Crippen molar-refractivity contribution in [2.75, 3.05) is 0 Å². The molecule has 5 nitrogen and oxygen atoms in total. The minimum Gasteiger partial charge on any atom is -0.389 e. The molecule has 2 heterocycles. The molecule has 3 aromatic carbocycles. The molecule has 0 unspecified atom stereocenters. The molecule has 0 saturated heterocycles. The summed E-state index contributed by atoms with van der Waals surface area (Å²) in [7, 11) is 0. The quantitative estimate of drug-likeness (QED) is 0.350. The normalized spacial score (nSPS) is 20.6. The Morgan fingerprint density at radius 3 is 2.17 bits per heavy atom. The first-order valence-corrected chi connectivity index (χ1v) is 12.5. The molecule has 5 heteroatoms. The molecule has 1 aliphatic rings. The molecule has 0 amide bonds. The van der Waals surface area contributed by atoms with E-state index in [4.69, 9.17) is 0 Å². The van der Waals surface area contributed by atoms with E-state index in [2.05, 4.69) is 104 Å². The zero-order chi connectivity index (χ0) is 23.6. The summed E-state index contributed by atoms with van der Waals surface area (Å²) in [5, 5.41) is 14.1. The van der Waals surface area contributed by atoms with Crippen LogP contribution in [0.3, 0.4) is 0 Å². The zero-order valence-electron chi connectivity index (χ0n) is 19.7. The largest absolute Gasteiger partial charge is 0.389 e. The number of para-hydroxylation sites is 1. The van der Waals surface area contributed by atoms with Crippen molar-refractivity contribution in [2.45, 2.75) is 50.5 Å². The molecule has 35 heavy (non-hydrogen) atoms. The van der Waals surface area contributed by atoms with E-state index in [1.807, 2.05) is 6.20 Å². The second-order valence-electron chi connectivity index (χ2n) is 9.58. The van der Waals surface area contributed by atoms with Gasteiger partial charge in [0, 0.05) is 36.1 Å². The van der Waals surface area contributed by atoms with Crippen LogP contribution in [0, 0.1) is 0 Å². The van der Waals surface area contributed by atoms with Gasteiger partial charge < -0.3 is 9.67 Å². The lowest BCUT2D eigenvalue weighted by atomic mass is 9.86. The number of hydrogen-bond donors (Lipinski definition) is 1. The maximum absolute atomic E-state index is 11.9. The molecule has 0 bridgehead atoms. The van der Waals surface area contributed by atoms with E-state index in [9.17, 15) is 5.11 Å². The first kappa shape index (κ1) is 22.0. The third kappa shape index (κ3) is 4.22. The molecule has 0 aliphatic heterocycles. The topological polar surface area (TPSA) is 54.2 Å². The molecule has 2 aromatic heterocycles. The van der Waals surface area contributed by atoms with Crippen molar-refractivity contribution in [3.8, 4) is 0 Å². The first-order valence-electron chi connectivity index (χ1n) is 12.5. The number of hydrogen-bond acceptors (Lipinski definition) is 4. The van der Waals surface area contributed by atoms with Gasteiger partial charge in [-0.3, -0.25) is 4.90 Å². The fraction of sp³-hybridized carbons (Fsp3) is 0.267. The highest BCUT2D eigenvalue weighted by Gasteiger charge is 2.38. The van der Waals surface area contributed by atoms with E-state index in [0.717, 1.165) is 54.3 Å². The predicted molar refractivity (Wildman–Crippen MR) is 140 cm³/mol. The minimum absolute atomic E-state index is 0.0416. The van der Waals surface area contributed by atoms with Gasteiger partial charge >= 0.3 is 0 Å². The Labute approximate surface area is 205 Å². The Hall–Kier alpha value is -3.54. The molecule has 1 saturated carbocycles. The van der Waals surface area contributed by atoms with E-state index in [1.54, 1.807) is 6.33 Å². The average molecular weight is 463 g/mol. The van der Waals surface area contributed by atoms with Gasteiger partial charge in [0.25, 0.3) is 0 Å². The van der Waals surface area contributed by atoms with Crippen molar-refractivity contribution in [1.82, 2.24) is 19.4 Å². The lowest BCUT2D eigenvalue weighted by molar-refractivity contribution is -0.0184. The van der Waals surface area contributed by atoms with Crippen LogP contribution in [0.4, 0.5) is 0 Å². The molecule has 0 radical (unpaired) electrons. The number of benzene rings is 3. The monoisotopic (exact) mass is 462 g/mol. The van der Waals surface area contributed by atoms with Gasteiger partial charge in [-0.2, -0.15) is 0 Å². The Kier molecular flexibility index (Phi) is 6.03. The van der Waals surface area contributed by atoms with Crippen LogP contribution in [-0.2, 0) is 13.1 Å². The van der Waals surface area contributed by atoms with Gasteiger partial charge in [-0.15, -0.1) is 0 Å². The smallest absolute Gasteiger partial charge is 0.144 e. The van der Waals surface area contributed by atoms with Crippen molar-refractivity contribution >= 4 is 21.9 Å². The van der Waals surface area contributed by atoms with Crippen molar-refractivity contribution in [2.24, 2.45) is 0 Å². The van der Waals surface area contributed by atoms with E-state index >= 15 is 0 Å². The van der Waals surface area contributed by atoms with Crippen molar-refractivity contribution in [3.63, 3.8) is 0 Å². The summed E-state index contributed by atoms with van der Waals surface area (Å²) in [4.78, 5) is 11.4. The van der Waals surface area contributed by atoms with E-state index < -0.39 is 6.10 Å². The lowest BCUT2D eigenvalue weighted by Crippen LogP contribution is -2.49. The summed E-state index contributed by atoms with van der Waals surface area (Å²) in [6.45, 7) is 1.61. The van der Waals surface area contributed by atoms with E-state index in [1.165, 1.54) is 11.1 Å². The molecule has 5 aromatic rings. The third-order valence-corrected chi connectivity index (χ3v) is 7.42. The molecule has 1 N–H and O–H groups in total. The summed E-state index contributed by atoms with van der Waals surface area (Å²) in [5.74, 6) is 0. The molecule has 1 fully saturated rings. The molecule has 3 atom stereocenters. The van der Waals surface area contributed by atoms with Gasteiger partial charge in [0.2, 0.25) is 0 Å². The van der Waals surface area contributed by atoms with Crippen LogP contribution >= 0.6 is 0 Å². The molecule has 0 spiro atoms. The number of aliphatic hydroxyl groups is 1. The number of nitrogens with zero attached hydrogens (tertiary/aromatic N) is 4. The van der Waals surface area contributed by atoms with Gasteiger partial charge in [-0.05, 0) is 36.5 Å². The van der Waals surface area contributed by atoms with Crippen LogP contribution in [0.2, 0.25) is 0 Å². The average Bonchev–Trinajstić information content (AvgIpc) is 3.24. The van der Waals surface area contributed by atoms with Gasteiger partial charge in [0.1, 0.15) is 12.0 Å². The zero-order valence-corrected chi connectivity index (χ0v) is 19.7. The summed E-state index contributed by atoms with van der Waals surface area (Å²) < 4.78 is 2.27. The second-order valence-corrected chi connectivity index (χ2v) is 9.58. The van der Waals surface area contributed by atoms with Crippen LogP contribution in [0.25, 0.3) is 21.9 Å². The molecule has 1 aliphatic carbocycles. The van der Waals surface area contributed by atoms with Crippen molar-refractivity contribution in [3.05, 3.63) is 109 Å². The number of rotatable bonds is 6. The second kappa shape index (κ2) is 9.61. The van der Waals surface area contributed by atoms with Crippen LogP contribution in [-0.4, -0.2) is 36.7 Å². The fourth-order valence-corrected chi connectivity index (χ4v) is 5.81. The lowest BCUT2D eigenvalue weighted by Gasteiger charge is -2.42. The standard InChI is InChI=1S/C30H30N4O/c35-29-27(33(19-22-10-3-1-4-11-22)20-23-12-5-2-6-13-23)16-9-17-28(29)34-26-15-8-7-14-24(26)25-18-31-21-32-30(25)34/h1-8,10-15,18,21,27-29,35H,9,16-17,19-20H2/t27-,28+,29+/m1/s1. The number of aromatic nitrogens is 3. The number of aliphatic hydroxyl groups excluding tert-OH is 1. The molecular weight excluding hydrogens is 432 g/mol. The summed E-state index contributed by atoms with van der Waals surface area (Å²) in [6, 6.07) is 29.6. The van der Waals surface area contributed by atoms with Crippen LogP contribution in [0.5, 0.6) is 0 Å². The Morgan fingerprint density at radius 1 is 0.800 bits per heavy atom. The Morgan fingerprint density at radius 2 is 1.46 bits per heavy atom. The molecule has 176 valence electrons. The van der Waals surface area contributed by atoms with E-state index in [-0.39, 0.29) is 12.1 Å². The summed E-state index contributed by atoms with van der Waals surface area (Å²) in [6.07, 6.45) is 5.96. The van der Waals surface area contributed by atoms with Crippen LogP contribution < -0.4 is 0 Å². The summed E-state index contributed by atoms with van der Waals surface area (Å²) >= 11 is 0. The van der Waals surface area contributed by atoms with Crippen LogP contribution in [0.1, 0.15) is 36.4 Å². The van der Waals surface area contributed by atoms with Gasteiger partial charge in [0.05, 0.1) is 17.7 Å². The fourth-order valence-electron chi connectivity index (χ4n) is 5.81. The van der Waals surface area contributed by atoms with Gasteiger partial charge in [-0.1, -0.05) is 78.9 Å². The minimum atomic E-state index is -0.509. The summed E-state index contributed by atoms with van der Waals surface area (Å²) in [5.41, 5.74) is 4.55. The highest BCUT2D eigenvalue weighted by molar-refractivity contribution is 6.06. The highest BCUT2D eigenvalue weighted by atomic mass is 16.3. The maximum atomic E-state index is 11.9. The van der Waals surface area contributed by atoms with Gasteiger partial charge in [0.15, 0.2) is 0 Å². The van der Waals surface area contributed by atoms with Crippen molar-refractivity contribution in [1.29, 1.82) is 0 Å². The van der Waals surface area contributed by atoms with Gasteiger partial charge in [-0.25, -0.2) is 9.97 Å². The predicted octanol–water partition coefficient (Wildman–Crippen LogP) is 5.74. The highest BCUT2D eigenvalue weighted by Crippen LogP contribution is 2.38. The Bertz CT molecular complexity index is 1320. The van der Waals surface area contributed by atoms with E-state index in [0.29, 0.717) is 0 Å². The molecular formula is C30H30N4O. The Balaban J connectivity index is 1.39. The SMILES string of the molecule is O[C@H]1[C@H](N(Cc2ccccc2)Cc2ccccc2)CCC[C@@H]1n1c2ccccc2c2cncnc21. The van der Waals surface area contributed by atoms with Crippen molar-refractivity contribution < 1.29 is 5.11 Å². The maximum Gasteiger partial charge on any atom is 0.144 e. The molecule has 6 rings (SSSR count).